The molecular formula is C43H24N2S2. The second-order valence-corrected chi connectivity index (χ2v) is 14.1. The molecular weight excluding hydrogens is 609 g/mol. The molecule has 0 spiro atoms. The van der Waals surface area contributed by atoms with Crippen LogP contribution in [0.4, 0.5) is 5.69 Å². The minimum Gasteiger partial charge on any atom is -0.309 e. The van der Waals surface area contributed by atoms with Crippen molar-refractivity contribution in [3.8, 4) is 27.9 Å². The number of nitrogens with zero attached hydrogens (tertiary/aromatic N) is 2. The fourth-order valence-corrected chi connectivity index (χ4v) is 9.68. The third-order valence-corrected chi connectivity index (χ3v) is 11.8. The molecule has 0 N–H and O–H groups in total. The van der Waals surface area contributed by atoms with E-state index in [2.05, 4.69) is 149 Å². The SMILES string of the molecule is [C-]#[N+]c1ccc(-n2c3ccccc3c3ccccc32)c(-c2ccc3sc4ccc5c6cc(-c7ccccc7)ccc6sc5c4c3c2)c1. The van der Waals surface area contributed by atoms with Gasteiger partial charge in [0, 0.05) is 51.1 Å². The van der Waals surface area contributed by atoms with Gasteiger partial charge in [-0.25, -0.2) is 4.85 Å². The molecule has 47 heavy (non-hydrogen) atoms. The van der Waals surface area contributed by atoms with Gasteiger partial charge in [-0.05, 0) is 76.9 Å². The van der Waals surface area contributed by atoms with Gasteiger partial charge in [-0.1, -0.05) is 91.0 Å². The first-order valence-electron chi connectivity index (χ1n) is 15.6. The Morgan fingerprint density at radius 2 is 1.13 bits per heavy atom. The molecule has 2 nitrogen and oxygen atoms in total. The number of hydrogen-bond acceptors (Lipinski definition) is 2. The van der Waals surface area contributed by atoms with Crippen LogP contribution in [0.15, 0.2) is 146 Å². The van der Waals surface area contributed by atoms with Crippen molar-refractivity contribution in [2.24, 2.45) is 0 Å². The second kappa shape index (κ2) is 10.1. The highest BCUT2D eigenvalue weighted by molar-refractivity contribution is 7.29. The number of fused-ring (bicyclic) bond motifs is 10. The van der Waals surface area contributed by atoms with Gasteiger partial charge in [0.1, 0.15) is 0 Å². The van der Waals surface area contributed by atoms with Crippen LogP contribution in [0.1, 0.15) is 0 Å². The van der Waals surface area contributed by atoms with E-state index in [1.807, 2.05) is 28.7 Å². The summed E-state index contributed by atoms with van der Waals surface area (Å²) < 4.78 is 7.58. The lowest BCUT2D eigenvalue weighted by atomic mass is 9.99. The molecule has 0 unspecified atom stereocenters. The lowest BCUT2D eigenvalue weighted by Crippen LogP contribution is -1.97. The van der Waals surface area contributed by atoms with Gasteiger partial charge in [-0.2, -0.15) is 0 Å². The Morgan fingerprint density at radius 3 is 1.89 bits per heavy atom. The molecule has 3 heterocycles. The summed E-state index contributed by atoms with van der Waals surface area (Å²) in [7, 11) is 0. The number of hydrogen-bond donors (Lipinski definition) is 0. The van der Waals surface area contributed by atoms with Crippen LogP contribution in [0, 0.1) is 6.57 Å². The fourth-order valence-electron chi connectivity index (χ4n) is 7.27. The maximum Gasteiger partial charge on any atom is 0.188 e. The van der Waals surface area contributed by atoms with E-state index in [1.54, 1.807) is 0 Å². The molecule has 3 aromatic heterocycles. The highest BCUT2D eigenvalue weighted by Crippen LogP contribution is 2.47. The molecule has 0 saturated carbocycles. The Labute approximate surface area is 278 Å². The molecule has 0 saturated heterocycles. The third kappa shape index (κ3) is 3.95. The minimum absolute atomic E-state index is 0.640. The Kier molecular flexibility index (Phi) is 5.71. The van der Waals surface area contributed by atoms with Gasteiger partial charge in [0.15, 0.2) is 5.69 Å². The lowest BCUT2D eigenvalue weighted by Gasteiger charge is -2.15. The van der Waals surface area contributed by atoms with Crippen molar-refractivity contribution in [3.05, 3.63) is 157 Å². The van der Waals surface area contributed by atoms with E-state index < -0.39 is 0 Å². The molecule has 0 aliphatic heterocycles. The molecule has 218 valence electrons. The van der Waals surface area contributed by atoms with Crippen LogP contribution < -0.4 is 0 Å². The first kappa shape index (κ1) is 26.5. The van der Waals surface area contributed by atoms with Gasteiger partial charge < -0.3 is 4.57 Å². The molecule has 0 bridgehead atoms. The summed E-state index contributed by atoms with van der Waals surface area (Å²) in [5.41, 5.74) is 8.69. The molecule has 0 atom stereocenters. The average Bonchev–Trinajstić information content (AvgIpc) is 3.80. The molecule has 4 heteroatoms. The van der Waals surface area contributed by atoms with Crippen molar-refractivity contribution in [1.29, 1.82) is 0 Å². The van der Waals surface area contributed by atoms with Gasteiger partial charge >= 0.3 is 0 Å². The third-order valence-electron chi connectivity index (χ3n) is 9.42. The summed E-state index contributed by atoms with van der Waals surface area (Å²) in [6.07, 6.45) is 0. The maximum atomic E-state index is 7.86. The average molecular weight is 633 g/mol. The van der Waals surface area contributed by atoms with Gasteiger partial charge in [0.05, 0.1) is 23.3 Å². The number of benzene rings is 7. The van der Waals surface area contributed by atoms with Crippen molar-refractivity contribution in [2.45, 2.75) is 0 Å². The van der Waals surface area contributed by atoms with E-state index in [0.29, 0.717) is 5.69 Å². The number of thiophene rings is 2. The van der Waals surface area contributed by atoms with E-state index >= 15 is 0 Å². The number of para-hydroxylation sites is 2. The van der Waals surface area contributed by atoms with Crippen LogP contribution in [0.5, 0.6) is 0 Å². The zero-order valence-electron chi connectivity index (χ0n) is 25.1. The summed E-state index contributed by atoms with van der Waals surface area (Å²) in [6, 6.07) is 52.3. The summed E-state index contributed by atoms with van der Waals surface area (Å²) in [4.78, 5) is 3.84. The number of aromatic nitrogens is 1. The summed E-state index contributed by atoms with van der Waals surface area (Å²) in [5, 5.41) is 7.66. The first-order valence-corrected chi connectivity index (χ1v) is 17.3. The molecule has 0 aliphatic carbocycles. The van der Waals surface area contributed by atoms with E-state index in [-0.39, 0.29) is 0 Å². The van der Waals surface area contributed by atoms with Gasteiger partial charge in [0.2, 0.25) is 0 Å². The monoisotopic (exact) mass is 632 g/mol. The molecule has 7 aromatic carbocycles. The van der Waals surface area contributed by atoms with E-state index in [9.17, 15) is 0 Å². The Hall–Kier alpha value is -5.73. The van der Waals surface area contributed by atoms with Gasteiger partial charge in [-0.3, -0.25) is 0 Å². The van der Waals surface area contributed by atoms with Crippen LogP contribution in [0.3, 0.4) is 0 Å². The first-order chi connectivity index (χ1) is 23.2. The topological polar surface area (TPSA) is 9.29 Å². The fraction of sp³-hybridized carbons (Fsp3) is 0. The van der Waals surface area contributed by atoms with E-state index in [4.69, 9.17) is 6.57 Å². The summed E-state index contributed by atoms with van der Waals surface area (Å²) in [5.74, 6) is 0. The molecule has 10 aromatic rings. The van der Waals surface area contributed by atoms with Crippen LogP contribution in [0.25, 0.3) is 94.9 Å². The van der Waals surface area contributed by atoms with E-state index in [1.165, 1.54) is 62.2 Å². The van der Waals surface area contributed by atoms with Crippen molar-refractivity contribution in [1.82, 2.24) is 4.57 Å². The van der Waals surface area contributed by atoms with Crippen molar-refractivity contribution < 1.29 is 0 Å². The van der Waals surface area contributed by atoms with Crippen LogP contribution >= 0.6 is 22.7 Å². The van der Waals surface area contributed by atoms with Crippen LogP contribution in [-0.4, -0.2) is 4.57 Å². The van der Waals surface area contributed by atoms with E-state index in [0.717, 1.165) is 27.8 Å². The summed E-state index contributed by atoms with van der Waals surface area (Å²) in [6.45, 7) is 7.86. The van der Waals surface area contributed by atoms with Crippen molar-refractivity contribution >= 4 is 90.5 Å². The molecule has 0 amide bonds. The molecule has 0 aliphatic rings. The van der Waals surface area contributed by atoms with Gasteiger partial charge in [-0.15, -0.1) is 22.7 Å². The van der Waals surface area contributed by atoms with Gasteiger partial charge in [0.25, 0.3) is 0 Å². The highest BCUT2D eigenvalue weighted by Gasteiger charge is 2.18. The number of rotatable bonds is 3. The predicted octanol–water partition coefficient (Wildman–Crippen LogP) is 13.4. The zero-order chi connectivity index (χ0) is 31.1. The molecule has 10 rings (SSSR count). The lowest BCUT2D eigenvalue weighted by molar-refractivity contribution is 1.18. The van der Waals surface area contributed by atoms with Crippen molar-refractivity contribution in [2.75, 3.05) is 0 Å². The minimum atomic E-state index is 0.640. The largest absolute Gasteiger partial charge is 0.309 e. The maximum absolute atomic E-state index is 7.86. The predicted molar refractivity (Wildman–Crippen MR) is 204 cm³/mol. The smallest absolute Gasteiger partial charge is 0.188 e. The Balaban J connectivity index is 1.23. The van der Waals surface area contributed by atoms with Crippen LogP contribution in [-0.2, 0) is 0 Å². The Morgan fingerprint density at radius 1 is 0.468 bits per heavy atom. The van der Waals surface area contributed by atoms with Crippen molar-refractivity contribution in [3.63, 3.8) is 0 Å². The zero-order valence-corrected chi connectivity index (χ0v) is 26.7. The highest BCUT2D eigenvalue weighted by atomic mass is 32.1. The standard InChI is InChI=1S/C43H24N2S2/c1-44-29-17-19-38(45-36-13-7-5-11-30(36)31-12-6-8-14-37(31)45)33(25-29)28-16-21-40-35(24-28)42-41(46-40)22-18-32-34-23-27(26-9-3-2-4-10-26)15-20-39(34)47-43(32)42/h2-25H. The normalized spacial score (nSPS) is 11.8. The summed E-state index contributed by atoms with van der Waals surface area (Å²) >= 11 is 3.75. The Bertz CT molecular complexity index is 2860. The molecule has 0 radical (unpaired) electrons. The second-order valence-electron chi connectivity index (χ2n) is 12.0. The molecule has 0 fully saturated rings. The quantitative estimate of drug-likeness (QED) is 0.171. The van der Waals surface area contributed by atoms with Crippen LogP contribution in [0.2, 0.25) is 0 Å².